The maximum Gasteiger partial charge on any atom is 0.110 e. The van der Waals surface area contributed by atoms with Crippen LogP contribution in [0.2, 0.25) is 0 Å². The first-order chi connectivity index (χ1) is 27.3. The van der Waals surface area contributed by atoms with Crippen molar-refractivity contribution in [1.29, 1.82) is 0 Å². The highest BCUT2D eigenvalue weighted by Gasteiger charge is 2.07. The molecule has 6 nitrogen and oxygen atoms in total. The van der Waals surface area contributed by atoms with Crippen LogP contribution in [0.5, 0.6) is 0 Å². The molecule has 0 fully saturated rings. The molecule has 0 radical (unpaired) electrons. The average molecular weight is 877 g/mol. The Morgan fingerprint density at radius 2 is 0.544 bits per heavy atom. The van der Waals surface area contributed by atoms with Crippen molar-refractivity contribution in [2.45, 2.75) is 249 Å². The molecule has 0 heterocycles. The predicted octanol–water partition coefficient (Wildman–Crippen LogP) is 5.23. The fraction of sp³-hybridized carbons (Fsp3) is 0.959. The van der Waals surface area contributed by atoms with E-state index in [-0.39, 0.29) is 22.5 Å². The van der Waals surface area contributed by atoms with Crippen LogP contribution >= 0.6 is 0 Å². The summed E-state index contributed by atoms with van der Waals surface area (Å²) in [4.78, 5) is 15.8. The largest absolute Gasteiger partial charge is 1.00 e. The smallest absolute Gasteiger partial charge is 0.110 e. The summed E-state index contributed by atoms with van der Waals surface area (Å²) < 4.78 is 0. The lowest BCUT2D eigenvalue weighted by Crippen LogP contribution is -3.12. The summed E-state index contributed by atoms with van der Waals surface area (Å²) in [5, 5.41) is 20.9. The number of allylic oxidation sites excluding steroid dienone is 1. The van der Waals surface area contributed by atoms with E-state index in [1.807, 2.05) is 14.7 Å². The summed E-state index contributed by atoms with van der Waals surface area (Å²) in [6.45, 7) is 35.4. The van der Waals surface area contributed by atoms with Crippen LogP contribution in [0, 0.1) is 0 Å². The first-order valence-corrected chi connectivity index (χ1v) is 25.3. The summed E-state index contributed by atoms with van der Waals surface area (Å²) in [5.74, 6) is 1.47. The third kappa shape index (κ3) is 57.9. The Hall–Kier alpha value is -0.205. The van der Waals surface area contributed by atoms with Gasteiger partial charge in [0.25, 0.3) is 0 Å². The highest BCUT2D eigenvalue weighted by molar-refractivity contribution is 6.49. The molecule has 3 N–H and O–H groups in total. The zero-order valence-corrected chi connectivity index (χ0v) is 42.4. The molecule has 0 aliphatic heterocycles. The van der Waals surface area contributed by atoms with Gasteiger partial charge < -0.3 is 41.7 Å². The Morgan fingerprint density at radius 1 is 0.351 bits per heavy atom. The lowest BCUT2D eigenvalue weighted by atomic mass is 9.77. The zero-order chi connectivity index (χ0) is 42.8. The second-order valence-electron chi connectivity index (χ2n) is 16.7. The first kappa shape index (κ1) is 65.9. The number of hydrogen-bond acceptors (Lipinski definition) is 3. The highest BCUT2D eigenvalue weighted by atomic mass is 79.9. The number of hydrogen-bond donors (Lipinski definition) is 3. The van der Waals surface area contributed by atoms with Crippen LogP contribution in [0.4, 0.5) is 0 Å². The second kappa shape index (κ2) is 60.1. The minimum atomic E-state index is -2.12. The molecule has 0 amide bonds. The summed E-state index contributed by atoms with van der Waals surface area (Å²) >= 11 is 0. The predicted molar refractivity (Wildman–Crippen MR) is 248 cm³/mol. The lowest BCUT2D eigenvalue weighted by molar-refractivity contribution is -0.900. The summed E-state index contributed by atoms with van der Waals surface area (Å²) in [7, 11) is -2.12. The van der Waals surface area contributed by atoms with E-state index in [2.05, 4.69) is 69.2 Å². The maximum absolute atomic E-state index is 10.5. The lowest BCUT2D eigenvalue weighted by Gasteiger charge is -2.26. The Morgan fingerprint density at radius 3 is 0.719 bits per heavy atom. The minimum Gasteiger partial charge on any atom is -1.00 e. The SMILES string of the molecule is CCCCCCCCCCCC(=C=O)B([O-])[O-].CCCC[NH+](CCCC)CCCC.CCCC[NH+](CCCC)CCCC.CCCC[NH+](CCCC)CCCC.[Br-]. The van der Waals surface area contributed by atoms with E-state index in [0.717, 1.165) is 19.3 Å². The molecular weight excluding hydrogens is 769 g/mol. The van der Waals surface area contributed by atoms with E-state index in [1.165, 1.54) is 219 Å². The number of nitrogens with one attached hydrogen (secondary N) is 3. The van der Waals surface area contributed by atoms with Gasteiger partial charge in [0, 0.05) is 0 Å². The van der Waals surface area contributed by atoms with E-state index in [1.54, 1.807) is 0 Å². The van der Waals surface area contributed by atoms with Gasteiger partial charge in [0.2, 0.25) is 0 Å². The Kier molecular flexibility index (Phi) is 69.5. The molecule has 0 spiro atoms. The van der Waals surface area contributed by atoms with E-state index < -0.39 is 7.12 Å². The van der Waals surface area contributed by atoms with Crippen molar-refractivity contribution in [2.75, 3.05) is 58.9 Å². The van der Waals surface area contributed by atoms with Crippen LogP contribution in [0.15, 0.2) is 5.47 Å². The van der Waals surface area contributed by atoms with Gasteiger partial charge in [-0.15, -0.1) is 0 Å². The Bertz CT molecular complexity index is 629. The van der Waals surface area contributed by atoms with Crippen LogP contribution < -0.4 is 41.7 Å². The fourth-order valence-electron chi connectivity index (χ4n) is 6.81. The van der Waals surface area contributed by atoms with Gasteiger partial charge in [-0.25, -0.2) is 4.79 Å². The van der Waals surface area contributed by atoms with Gasteiger partial charge in [-0.05, 0) is 70.6 Å². The molecule has 0 bridgehead atoms. The summed E-state index contributed by atoms with van der Waals surface area (Å²) in [6.07, 6.45) is 35.7. The number of unbranched alkanes of at least 4 members (excludes halogenated alkanes) is 17. The van der Waals surface area contributed by atoms with Gasteiger partial charge in [0.15, 0.2) is 0 Å². The molecule has 0 atom stereocenters. The Labute approximate surface area is 371 Å². The van der Waals surface area contributed by atoms with Gasteiger partial charge in [-0.3, -0.25) is 0 Å². The van der Waals surface area contributed by atoms with Gasteiger partial charge in [0.1, 0.15) is 5.94 Å². The van der Waals surface area contributed by atoms with E-state index >= 15 is 0 Å². The van der Waals surface area contributed by atoms with E-state index in [0.29, 0.717) is 6.42 Å². The van der Waals surface area contributed by atoms with Crippen LogP contribution in [-0.2, 0) is 4.79 Å². The van der Waals surface area contributed by atoms with Crippen molar-refractivity contribution >= 4 is 13.1 Å². The molecule has 0 rings (SSSR count). The molecule has 0 saturated heterocycles. The van der Waals surface area contributed by atoms with E-state index in [4.69, 9.17) is 0 Å². The minimum absolute atomic E-state index is 0. The van der Waals surface area contributed by atoms with Gasteiger partial charge in [0.05, 0.1) is 58.9 Å². The normalized spacial score (nSPS) is 10.6. The van der Waals surface area contributed by atoms with Crippen molar-refractivity contribution in [3.63, 3.8) is 0 Å². The van der Waals surface area contributed by atoms with Crippen molar-refractivity contribution in [2.24, 2.45) is 0 Å². The monoisotopic (exact) mass is 876 g/mol. The van der Waals surface area contributed by atoms with Crippen LogP contribution in [0.3, 0.4) is 0 Å². The summed E-state index contributed by atoms with van der Waals surface area (Å²) in [6, 6.07) is 0. The number of rotatable bonds is 38. The van der Waals surface area contributed by atoms with Gasteiger partial charge >= 0.3 is 0 Å². The van der Waals surface area contributed by atoms with Gasteiger partial charge in [-0.2, -0.15) is 0 Å². The van der Waals surface area contributed by atoms with Crippen LogP contribution in [-0.4, -0.2) is 72.0 Å². The first-order valence-electron chi connectivity index (χ1n) is 25.3. The molecular formula is C49H107BBrN3O3. The molecule has 0 aliphatic rings. The third-order valence-corrected chi connectivity index (χ3v) is 10.9. The standard InChI is InChI=1S/C13H23BO3.3C12H27N.BrH/c1-2-3-4-5-6-7-8-9-10-11-13(12-15)14(16)17;3*1-4-7-10-13(11-8-5-2)12-9-6-3;/h2-11H2,1H3;3*4-12H2,1-3H3;1H/q-2;;;;/p+2. The topological polar surface area (TPSA) is 76.5 Å². The quantitative estimate of drug-likeness (QED) is 0.0453. The zero-order valence-electron chi connectivity index (χ0n) is 40.8. The molecule has 0 saturated carbocycles. The number of halogens is 1. The molecule has 8 heteroatoms. The molecule has 0 unspecified atom stereocenters. The third-order valence-electron chi connectivity index (χ3n) is 10.9. The molecule has 57 heavy (non-hydrogen) atoms. The van der Waals surface area contributed by atoms with Crippen molar-refractivity contribution in [3.05, 3.63) is 5.47 Å². The average Bonchev–Trinajstić information content (AvgIpc) is 3.21. The van der Waals surface area contributed by atoms with Crippen LogP contribution in [0.25, 0.3) is 0 Å². The Balaban J connectivity index is -0.000000211. The van der Waals surface area contributed by atoms with Crippen LogP contribution in [0.1, 0.15) is 249 Å². The number of quaternary nitrogens is 3. The maximum atomic E-state index is 10.5. The molecule has 0 aliphatic carbocycles. The second-order valence-corrected chi connectivity index (χ2v) is 16.7. The fourth-order valence-corrected chi connectivity index (χ4v) is 6.81. The van der Waals surface area contributed by atoms with Crippen molar-refractivity contribution < 1.29 is 46.5 Å². The molecule has 346 valence electrons. The van der Waals surface area contributed by atoms with Crippen molar-refractivity contribution in [1.82, 2.24) is 0 Å². The van der Waals surface area contributed by atoms with Crippen molar-refractivity contribution in [3.8, 4) is 0 Å². The number of carbonyl (C=O) groups excluding carboxylic acids is 1. The van der Waals surface area contributed by atoms with E-state index in [9.17, 15) is 14.8 Å². The van der Waals surface area contributed by atoms with Gasteiger partial charge in [-0.1, -0.05) is 191 Å². The summed E-state index contributed by atoms with van der Waals surface area (Å²) in [5.41, 5.74) is -0.145. The molecule has 0 aromatic carbocycles. The molecule has 0 aromatic rings. The molecule has 0 aromatic heterocycles. The highest BCUT2D eigenvalue weighted by Crippen LogP contribution is 2.12.